The number of amides is 1. The maximum absolute atomic E-state index is 12.4. The molecule has 0 atom stereocenters. The van der Waals surface area contributed by atoms with Crippen molar-refractivity contribution in [2.24, 2.45) is 0 Å². The van der Waals surface area contributed by atoms with Crippen LogP contribution in [0.2, 0.25) is 5.02 Å². The lowest BCUT2D eigenvalue weighted by molar-refractivity contribution is -0.126. The minimum absolute atomic E-state index is 0.113. The van der Waals surface area contributed by atoms with Crippen molar-refractivity contribution in [1.82, 2.24) is 4.90 Å². The predicted octanol–water partition coefficient (Wildman–Crippen LogP) is 5.56. The molecule has 0 bridgehead atoms. The summed E-state index contributed by atoms with van der Waals surface area (Å²) in [6, 6.07) is 7.52. The molecule has 22 heavy (non-hydrogen) atoms. The molecular weight excluding hydrogens is 294 g/mol. The van der Waals surface area contributed by atoms with Crippen LogP contribution in [0.15, 0.2) is 30.3 Å². The first kappa shape index (κ1) is 18.8. The predicted molar refractivity (Wildman–Crippen MR) is 96.1 cm³/mol. The number of carbonyl (C=O) groups is 1. The second-order valence-electron chi connectivity index (χ2n) is 5.62. The highest BCUT2D eigenvalue weighted by Crippen LogP contribution is 2.11. The largest absolute Gasteiger partial charge is 0.339 e. The van der Waals surface area contributed by atoms with Gasteiger partial charge in [-0.3, -0.25) is 4.79 Å². The van der Waals surface area contributed by atoms with Gasteiger partial charge in [-0.05, 0) is 36.6 Å². The SMILES string of the molecule is CCCCCN(CCCCC)C(=O)/C=C/c1ccc(Cl)cc1. The lowest BCUT2D eigenvalue weighted by Crippen LogP contribution is -2.31. The zero-order valence-corrected chi connectivity index (χ0v) is 14.6. The van der Waals surface area contributed by atoms with Crippen molar-refractivity contribution in [2.75, 3.05) is 13.1 Å². The standard InChI is InChI=1S/C19H28ClNO/c1-3-5-7-15-21(16-8-6-4-2)19(22)14-11-17-9-12-18(20)13-10-17/h9-14H,3-8,15-16H2,1-2H3/b14-11+. The highest BCUT2D eigenvalue weighted by atomic mass is 35.5. The van der Waals surface area contributed by atoms with Crippen LogP contribution in [0.25, 0.3) is 6.08 Å². The normalized spacial score (nSPS) is 11.0. The van der Waals surface area contributed by atoms with E-state index in [4.69, 9.17) is 11.6 Å². The topological polar surface area (TPSA) is 20.3 Å². The Morgan fingerprint density at radius 2 is 1.55 bits per heavy atom. The summed E-state index contributed by atoms with van der Waals surface area (Å²) < 4.78 is 0. The summed E-state index contributed by atoms with van der Waals surface area (Å²) in [5.74, 6) is 0.113. The molecule has 122 valence electrons. The minimum atomic E-state index is 0.113. The quantitative estimate of drug-likeness (QED) is 0.408. The van der Waals surface area contributed by atoms with E-state index in [1.165, 1.54) is 25.7 Å². The van der Waals surface area contributed by atoms with Crippen molar-refractivity contribution in [3.8, 4) is 0 Å². The van der Waals surface area contributed by atoms with Crippen molar-refractivity contribution >= 4 is 23.6 Å². The lowest BCUT2D eigenvalue weighted by Gasteiger charge is -2.21. The Morgan fingerprint density at radius 1 is 1.00 bits per heavy atom. The third-order valence-corrected chi connectivity index (χ3v) is 3.92. The number of carbonyl (C=O) groups excluding carboxylic acids is 1. The van der Waals surface area contributed by atoms with Gasteiger partial charge in [0, 0.05) is 24.2 Å². The highest BCUT2D eigenvalue weighted by Gasteiger charge is 2.09. The summed E-state index contributed by atoms with van der Waals surface area (Å²) in [6.45, 7) is 6.09. The van der Waals surface area contributed by atoms with E-state index in [1.807, 2.05) is 35.2 Å². The zero-order valence-electron chi connectivity index (χ0n) is 13.9. The fraction of sp³-hybridized carbons (Fsp3) is 0.526. The lowest BCUT2D eigenvalue weighted by atomic mass is 10.2. The van der Waals surface area contributed by atoms with Crippen LogP contribution in [0.4, 0.5) is 0 Å². The second kappa shape index (κ2) is 11.3. The number of rotatable bonds is 10. The first-order valence-corrected chi connectivity index (χ1v) is 8.77. The van der Waals surface area contributed by atoms with E-state index < -0.39 is 0 Å². The van der Waals surface area contributed by atoms with Gasteiger partial charge in [0.15, 0.2) is 0 Å². The molecule has 0 spiro atoms. The molecule has 0 aliphatic rings. The number of unbranched alkanes of at least 4 members (excludes halogenated alkanes) is 4. The van der Waals surface area contributed by atoms with E-state index in [2.05, 4.69) is 13.8 Å². The molecule has 1 amide bonds. The molecular formula is C19H28ClNO. The van der Waals surface area contributed by atoms with E-state index in [0.717, 1.165) is 31.5 Å². The molecule has 0 aromatic heterocycles. The molecule has 0 aliphatic carbocycles. The molecule has 0 radical (unpaired) electrons. The van der Waals surface area contributed by atoms with Crippen LogP contribution < -0.4 is 0 Å². The monoisotopic (exact) mass is 321 g/mol. The van der Waals surface area contributed by atoms with Crippen molar-refractivity contribution < 1.29 is 4.79 Å². The van der Waals surface area contributed by atoms with Crippen molar-refractivity contribution in [2.45, 2.75) is 52.4 Å². The van der Waals surface area contributed by atoms with Gasteiger partial charge in [0.25, 0.3) is 0 Å². The number of nitrogens with zero attached hydrogens (tertiary/aromatic N) is 1. The summed E-state index contributed by atoms with van der Waals surface area (Å²) in [4.78, 5) is 14.4. The van der Waals surface area contributed by atoms with E-state index in [9.17, 15) is 4.79 Å². The first-order chi connectivity index (χ1) is 10.7. The second-order valence-corrected chi connectivity index (χ2v) is 6.06. The molecule has 0 aliphatic heterocycles. The maximum atomic E-state index is 12.4. The van der Waals surface area contributed by atoms with Gasteiger partial charge >= 0.3 is 0 Å². The van der Waals surface area contributed by atoms with Crippen LogP contribution in [-0.2, 0) is 4.79 Å². The molecule has 0 saturated carbocycles. The Bertz CT molecular complexity index is 443. The summed E-state index contributed by atoms with van der Waals surface area (Å²) in [6.07, 6.45) is 10.4. The number of hydrogen-bond donors (Lipinski definition) is 0. The summed E-state index contributed by atoms with van der Waals surface area (Å²) >= 11 is 5.87. The van der Waals surface area contributed by atoms with E-state index >= 15 is 0 Å². The molecule has 0 heterocycles. The molecule has 1 rings (SSSR count). The van der Waals surface area contributed by atoms with E-state index in [-0.39, 0.29) is 5.91 Å². The summed E-state index contributed by atoms with van der Waals surface area (Å²) in [7, 11) is 0. The number of benzene rings is 1. The van der Waals surface area contributed by atoms with E-state index in [0.29, 0.717) is 5.02 Å². The molecule has 0 unspecified atom stereocenters. The molecule has 1 aromatic carbocycles. The number of halogens is 1. The summed E-state index contributed by atoms with van der Waals surface area (Å²) in [5, 5.41) is 0.712. The molecule has 0 saturated heterocycles. The van der Waals surface area contributed by atoms with Gasteiger partial charge in [-0.15, -0.1) is 0 Å². The van der Waals surface area contributed by atoms with Gasteiger partial charge < -0.3 is 4.90 Å². The maximum Gasteiger partial charge on any atom is 0.246 e. The number of hydrogen-bond acceptors (Lipinski definition) is 1. The van der Waals surface area contributed by atoms with Gasteiger partial charge in [0.05, 0.1) is 0 Å². The fourth-order valence-electron chi connectivity index (χ4n) is 2.28. The van der Waals surface area contributed by atoms with E-state index in [1.54, 1.807) is 6.08 Å². The molecule has 2 nitrogen and oxygen atoms in total. The van der Waals surface area contributed by atoms with Crippen LogP contribution in [-0.4, -0.2) is 23.9 Å². The molecule has 1 aromatic rings. The Balaban J connectivity index is 2.58. The summed E-state index contributed by atoms with van der Waals surface area (Å²) in [5.41, 5.74) is 1.000. The molecule has 0 N–H and O–H groups in total. The first-order valence-electron chi connectivity index (χ1n) is 8.40. The average molecular weight is 322 g/mol. The fourth-order valence-corrected chi connectivity index (χ4v) is 2.41. The van der Waals surface area contributed by atoms with Crippen molar-refractivity contribution in [3.05, 3.63) is 40.9 Å². The smallest absolute Gasteiger partial charge is 0.246 e. The minimum Gasteiger partial charge on any atom is -0.339 e. The zero-order chi connectivity index (χ0) is 16.2. The van der Waals surface area contributed by atoms with Crippen LogP contribution in [0.5, 0.6) is 0 Å². The Kier molecular flexibility index (Phi) is 9.65. The van der Waals surface area contributed by atoms with Gasteiger partial charge in [0.2, 0.25) is 5.91 Å². The Labute approximate surface area is 140 Å². The average Bonchev–Trinajstić information content (AvgIpc) is 2.53. The van der Waals surface area contributed by atoms with Crippen LogP contribution >= 0.6 is 11.6 Å². The molecule has 0 fully saturated rings. The van der Waals surface area contributed by atoms with Gasteiger partial charge in [0.1, 0.15) is 0 Å². The third-order valence-electron chi connectivity index (χ3n) is 3.66. The van der Waals surface area contributed by atoms with Gasteiger partial charge in [-0.1, -0.05) is 63.3 Å². The van der Waals surface area contributed by atoms with Crippen LogP contribution in [0, 0.1) is 0 Å². The van der Waals surface area contributed by atoms with Crippen molar-refractivity contribution in [1.29, 1.82) is 0 Å². The van der Waals surface area contributed by atoms with Gasteiger partial charge in [-0.25, -0.2) is 0 Å². The van der Waals surface area contributed by atoms with Crippen LogP contribution in [0.3, 0.4) is 0 Å². The Hall–Kier alpha value is -1.28. The highest BCUT2D eigenvalue weighted by molar-refractivity contribution is 6.30. The third kappa shape index (κ3) is 7.65. The Morgan fingerprint density at radius 3 is 2.05 bits per heavy atom. The van der Waals surface area contributed by atoms with Crippen molar-refractivity contribution in [3.63, 3.8) is 0 Å². The molecule has 3 heteroatoms. The van der Waals surface area contributed by atoms with Crippen LogP contribution in [0.1, 0.15) is 57.9 Å². The van der Waals surface area contributed by atoms with Gasteiger partial charge in [-0.2, -0.15) is 0 Å².